The van der Waals surface area contributed by atoms with Gasteiger partial charge in [-0.3, -0.25) is 0 Å². The average Bonchev–Trinajstić information content (AvgIpc) is 3.38. The summed E-state index contributed by atoms with van der Waals surface area (Å²) in [6.07, 6.45) is 4.35. The van der Waals surface area contributed by atoms with Crippen molar-refractivity contribution in [3.8, 4) is 11.3 Å². The van der Waals surface area contributed by atoms with Crippen LogP contribution in [0.3, 0.4) is 0 Å². The molecule has 0 bridgehead atoms. The second-order valence-electron chi connectivity index (χ2n) is 8.37. The van der Waals surface area contributed by atoms with Crippen molar-refractivity contribution in [1.29, 1.82) is 0 Å². The van der Waals surface area contributed by atoms with E-state index in [-0.39, 0.29) is 5.37 Å². The lowest BCUT2D eigenvalue weighted by Crippen LogP contribution is -2.42. The summed E-state index contributed by atoms with van der Waals surface area (Å²) >= 11 is 1.51. The number of aromatic nitrogens is 3. The van der Waals surface area contributed by atoms with E-state index in [0.29, 0.717) is 23.1 Å². The van der Waals surface area contributed by atoms with E-state index in [0.717, 1.165) is 46.6 Å². The maximum Gasteiger partial charge on any atom is 0.244 e. The van der Waals surface area contributed by atoms with E-state index in [1.54, 1.807) is 22.6 Å². The zero-order chi connectivity index (χ0) is 23.2. The SMILES string of the molecule is Cc1ccc(S(=O)(=O)N2CCCCC2Sc2nc3c(-c4cnc(C)o4)cccc3n2C)cc1. The number of benzene rings is 2. The fourth-order valence-electron chi connectivity index (χ4n) is 4.22. The predicted molar refractivity (Wildman–Crippen MR) is 130 cm³/mol. The quantitative estimate of drug-likeness (QED) is 0.392. The minimum absolute atomic E-state index is 0.212. The molecule has 1 aliphatic rings. The van der Waals surface area contributed by atoms with E-state index < -0.39 is 10.0 Å². The molecule has 4 aromatic rings. The van der Waals surface area contributed by atoms with E-state index in [1.807, 2.05) is 55.8 Å². The van der Waals surface area contributed by atoms with Gasteiger partial charge in [0.15, 0.2) is 16.8 Å². The lowest BCUT2D eigenvalue weighted by Gasteiger charge is -2.33. The number of oxazole rings is 1. The third kappa shape index (κ3) is 4.09. The van der Waals surface area contributed by atoms with Crippen molar-refractivity contribution in [3.05, 3.63) is 60.1 Å². The molecule has 0 amide bonds. The summed E-state index contributed by atoms with van der Waals surface area (Å²) in [6.45, 7) is 4.28. The second-order valence-corrected chi connectivity index (χ2v) is 11.4. The van der Waals surface area contributed by atoms with Crippen LogP contribution < -0.4 is 0 Å². The number of thioether (sulfide) groups is 1. The first-order chi connectivity index (χ1) is 15.8. The first kappa shape index (κ1) is 22.2. The molecule has 9 heteroatoms. The van der Waals surface area contributed by atoms with Gasteiger partial charge in [0, 0.05) is 26.1 Å². The number of piperidine rings is 1. The van der Waals surface area contributed by atoms with Crippen LogP contribution in [0.15, 0.2) is 63.1 Å². The number of imidazole rings is 1. The van der Waals surface area contributed by atoms with Crippen LogP contribution in [0.1, 0.15) is 30.7 Å². The minimum atomic E-state index is -3.59. The molecule has 0 saturated carbocycles. The van der Waals surface area contributed by atoms with Crippen LogP contribution in [0.25, 0.3) is 22.4 Å². The summed E-state index contributed by atoms with van der Waals surface area (Å²) in [6, 6.07) is 13.0. The maximum absolute atomic E-state index is 13.5. The van der Waals surface area contributed by atoms with Crippen LogP contribution in [0.2, 0.25) is 0 Å². The predicted octanol–water partition coefficient (Wildman–Crippen LogP) is 5.14. The molecule has 2 aromatic carbocycles. The van der Waals surface area contributed by atoms with Crippen molar-refractivity contribution in [2.75, 3.05) is 6.54 Å². The number of fused-ring (bicyclic) bond motifs is 1. The van der Waals surface area contributed by atoms with Crippen molar-refractivity contribution >= 4 is 32.8 Å². The number of para-hydroxylation sites is 1. The standard InChI is InChI=1S/C24H26N4O3S2/c1-16-10-12-18(13-11-16)33(29,30)28-14-5-4-9-22(28)32-24-26-23-19(21-15-25-17(2)31-21)7-6-8-20(23)27(24)3/h6-8,10-13,15,22H,4-5,9,14H2,1-3H3. The van der Waals surface area contributed by atoms with Crippen molar-refractivity contribution in [2.45, 2.75) is 48.5 Å². The van der Waals surface area contributed by atoms with Gasteiger partial charge in [-0.05, 0) is 50.5 Å². The summed E-state index contributed by atoms with van der Waals surface area (Å²) < 4.78 is 36.3. The summed E-state index contributed by atoms with van der Waals surface area (Å²) in [5.41, 5.74) is 3.70. The van der Waals surface area contributed by atoms with Gasteiger partial charge in [-0.1, -0.05) is 35.5 Å². The third-order valence-corrected chi connectivity index (χ3v) is 9.42. The molecule has 1 aliphatic heterocycles. The van der Waals surface area contributed by atoms with Crippen LogP contribution in [0.4, 0.5) is 0 Å². The van der Waals surface area contributed by atoms with Crippen LogP contribution in [0, 0.1) is 13.8 Å². The van der Waals surface area contributed by atoms with Gasteiger partial charge in [-0.15, -0.1) is 0 Å². The number of hydrogen-bond acceptors (Lipinski definition) is 6. The monoisotopic (exact) mass is 482 g/mol. The Labute approximate surface area is 197 Å². The zero-order valence-corrected chi connectivity index (χ0v) is 20.5. The fraction of sp³-hybridized carbons (Fsp3) is 0.333. The lowest BCUT2D eigenvalue weighted by molar-refractivity contribution is 0.321. The smallest absolute Gasteiger partial charge is 0.244 e. The number of aryl methyl sites for hydroxylation is 3. The van der Waals surface area contributed by atoms with Gasteiger partial charge in [-0.25, -0.2) is 18.4 Å². The first-order valence-corrected chi connectivity index (χ1v) is 13.3. The highest BCUT2D eigenvalue weighted by Crippen LogP contribution is 2.38. The Morgan fingerprint density at radius 1 is 1.09 bits per heavy atom. The van der Waals surface area contributed by atoms with Crippen LogP contribution in [0.5, 0.6) is 0 Å². The van der Waals surface area contributed by atoms with Crippen molar-refractivity contribution < 1.29 is 12.8 Å². The van der Waals surface area contributed by atoms with E-state index in [9.17, 15) is 8.42 Å². The molecule has 0 aliphatic carbocycles. The van der Waals surface area contributed by atoms with Gasteiger partial charge in [0.1, 0.15) is 5.52 Å². The summed E-state index contributed by atoms with van der Waals surface area (Å²) in [5, 5.41) is 0.571. The van der Waals surface area contributed by atoms with Crippen LogP contribution in [-0.2, 0) is 17.1 Å². The highest BCUT2D eigenvalue weighted by atomic mass is 32.2. The first-order valence-electron chi connectivity index (χ1n) is 11.0. The Bertz CT molecular complexity index is 1410. The molecule has 0 N–H and O–H groups in total. The Balaban J connectivity index is 1.50. The summed E-state index contributed by atoms with van der Waals surface area (Å²) in [5.74, 6) is 1.28. The maximum atomic E-state index is 13.5. The molecular weight excluding hydrogens is 456 g/mol. The average molecular weight is 483 g/mol. The van der Waals surface area contributed by atoms with Crippen LogP contribution >= 0.6 is 11.8 Å². The molecule has 2 aromatic heterocycles. The minimum Gasteiger partial charge on any atom is -0.441 e. The molecule has 5 rings (SSSR count). The highest BCUT2D eigenvalue weighted by Gasteiger charge is 2.35. The highest BCUT2D eigenvalue weighted by molar-refractivity contribution is 8.00. The molecule has 1 unspecified atom stereocenters. The number of nitrogens with zero attached hydrogens (tertiary/aromatic N) is 4. The van der Waals surface area contributed by atoms with Gasteiger partial charge < -0.3 is 8.98 Å². The van der Waals surface area contributed by atoms with Gasteiger partial charge in [0.2, 0.25) is 10.0 Å². The van der Waals surface area contributed by atoms with E-state index in [1.165, 1.54) is 11.8 Å². The molecule has 172 valence electrons. The molecular formula is C24H26N4O3S2. The number of sulfonamides is 1. The second kappa shape index (κ2) is 8.62. The van der Waals surface area contributed by atoms with Gasteiger partial charge in [-0.2, -0.15) is 4.31 Å². The molecule has 7 nitrogen and oxygen atoms in total. The van der Waals surface area contributed by atoms with Gasteiger partial charge in [0.25, 0.3) is 0 Å². The van der Waals surface area contributed by atoms with Gasteiger partial charge in [0.05, 0.1) is 22.0 Å². The molecule has 33 heavy (non-hydrogen) atoms. The number of hydrogen-bond donors (Lipinski definition) is 0. The van der Waals surface area contributed by atoms with Crippen molar-refractivity contribution in [3.63, 3.8) is 0 Å². The van der Waals surface area contributed by atoms with E-state index in [2.05, 4.69) is 4.98 Å². The Hall–Kier alpha value is -2.62. The topological polar surface area (TPSA) is 81.2 Å². The molecule has 0 radical (unpaired) electrons. The Kier molecular flexibility index (Phi) is 5.80. The zero-order valence-electron chi connectivity index (χ0n) is 18.9. The summed E-state index contributed by atoms with van der Waals surface area (Å²) in [4.78, 5) is 9.46. The van der Waals surface area contributed by atoms with Gasteiger partial charge >= 0.3 is 0 Å². The van der Waals surface area contributed by atoms with Crippen LogP contribution in [-0.4, -0.2) is 39.2 Å². The molecule has 1 atom stereocenters. The molecule has 1 fully saturated rings. The molecule has 0 spiro atoms. The normalized spacial score (nSPS) is 17.6. The Morgan fingerprint density at radius 2 is 1.88 bits per heavy atom. The van der Waals surface area contributed by atoms with Crippen molar-refractivity contribution in [1.82, 2.24) is 18.8 Å². The Morgan fingerprint density at radius 3 is 2.61 bits per heavy atom. The van der Waals surface area contributed by atoms with Crippen molar-refractivity contribution in [2.24, 2.45) is 7.05 Å². The van der Waals surface area contributed by atoms with E-state index in [4.69, 9.17) is 9.40 Å². The lowest BCUT2D eigenvalue weighted by atomic mass is 10.1. The third-order valence-electron chi connectivity index (χ3n) is 6.03. The van der Waals surface area contributed by atoms with E-state index >= 15 is 0 Å². The summed E-state index contributed by atoms with van der Waals surface area (Å²) in [7, 11) is -1.62. The fourth-order valence-corrected chi connectivity index (χ4v) is 7.37. The largest absolute Gasteiger partial charge is 0.441 e. The molecule has 1 saturated heterocycles. The number of rotatable bonds is 5. The molecule has 3 heterocycles.